The van der Waals surface area contributed by atoms with Crippen molar-refractivity contribution < 1.29 is 33.1 Å². The Morgan fingerprint density at radius 2 is 1.50 bits per heavy atom. The van der Waals surface area contributed by atoms with Crippen LogP contribution in [0.4, 0.5) is 0 Å². The molecule has 0 aliphatic carbocycles. The first-order valence-electron chi connectivity index (χ1n) is 10.6. The monoisotopic (exact) mass is 424 g/mol. The Balaban J connectivity index is 3.61. The number of likely N-dealkylation sites (N-methyl/N-ethyl adjacent to an activating group) is 1. The van der Waals surface area contributed by atoms with Crippen LogP contribution in [-0.2, 0) is 18.6 Å². The van der Waals surface area contributed by atoms with Crippen LogP contribution in [0.1, 0.15) is 71.1 Å². The number of carboxylic acids is 1. The lowest BCUT2D eigenvalue weighted by Crippen LogP contribution is -2.42. The molecule has 0 heterocycles. The van der Waals surface area contributed by atoms with Gasteiger partial charge in [0.25, 0.3) is 0 Å². The number of unbranched alkanes of at least 4 members (excludes halogenated alkanes) is 8. The number of hydrogen-bond acceptors (Lipinski definition) is 5. The van der Waals surface area contributed by atoms with Crippen LogP contribution in [0.15, 0.2) is 0 Å². The van der Waals surface area contributed by atoms with Crippen molar-refractivity contribution in [3.05, 3.63) is 0 Å². The fourth-order valence-electron chi connectivity index (χ4n) is 2.89. The van der Waals surface area contributed by atoms with Crippen LogP contribution in [0.3, 0.4) is 0 Å². The Hall–Kier alpha value is -0.300. The van der Waals surface area contributed by atoms with E-state index < -0.39 is 20.7 Å². The summed E-state index contributed by atoms with van der Waals surface area (Å²) in [7, 11) is 3.73. The molecule has 0 saturated heterocycles. The Bertz CT molecular complexity index is 378. The molecule has 0 bridgehead atoms. The molecule has 0 fully saturated rings. The molecule has 28 heavy (non-hydrogen) atoms. The molecular weight excluding hydrogens is 381 g/mol. The molecule has 0 amide bonds. The first-order chi connectivity index (χ1) is 13.2. The van der Waals surface area contributed by atoms with Crippen molar-refractivity contribution in [2.75, 3.05) is 47.5 Å². The minimum Gasteiger partial charge on any atom is -0.481 e. The molecule has 0 aromatic heterocycles. The van der Waals surface area contributed by atoms with Crippen molar-refractivity contribution in [1.29, 1.82) is 0 Å². The molecule has 0 saturated carbocycles. The van der Waals surface area contributed by atoms with Gasteiger partial charge in [-0.05, 0) is 6.42 Å². The zero-order chi connectivity index (χ0) is 21.3. The lowest BCUT2D eigenvalue weighted by atomic mass is 10.1. The molecular formula is C20H43NO6P+. The predicted octanol–water partition coefficient (Wildman–Crippen LogP) is 4.34. The summed E-state index contributed by atoms with van der Waals surface area (Å²) < 4.78 is 16.7. The topological polar surface area (TPSA) is 85.2 Å². The molecule has 0 radical (unpaired) electrons. The van der Waals surface area contributed by atoms with E-state index in [9.17, 15) is 9.69 Å². The van der Waals surface area contributed by atoms with E-state index in [1.807, 2.05) is 21.1 Å². The molecule has 2 atom stereocenters. The summed E-state index contributed by atoms with van der Waals surface area (Å²) in [5, 5.41) is 8.97. The summed E-state index contributed by atoms with van der Waals surface area (Å²) in [6, 6.07) is 0. The highest BCUT2D eigenvalue weighted by molar-refractivity contribution is 7.40. The van der Waals surface area contributed by atoms with Gasteiger partial charge in [-0.2, -0.15) is 0 Å². The molecule has 8 heteroatoms. The van der Waals surface area contributed by atoms with Crippen molar-refractivity contribution in [2.45, 2.75) is 77.2 Å². The average molecular weight is 425 g/mol. The van der Waals surface area contributed by atoms with E-state index in [-0.39, 0.29) is 13.0 Å². The van der Waals surface area contributed by atoms with Crippen molar-refractivity contribution >= 4 is 14.6 Å². The number of carbonyl (C=O) groups is 1. The van der Waals surface area contributed by atoms with Gasteiger partial charge in [-0.1, -0.05) is 58.3 Å². The number of aliphatic carboxylic acids is 1. The number of rotatable bonds is 20. The summed E-state index contributed by atoms with van der Waals surface area (Å²) in [4.78, 5) is 20.8. The summed E-state index contributed by atoms with van der Waals surface area (Å²) >= 11 is 0. The van der Waals surface area contributed by atoms with Crippen LogP contribution >= 0.6 is 8.60 Å². The predicted molar refractivity (Wildman–Crippen MR) is 113 cm³/mol. The van der Waals surface area contributed by atoms with Gasteiger partial charge < -0.3 is 28.3 Å². The SMILES string of the molecule is CCCCCCCCCCCOCCOP(O)O[C@H](CC(=O)O)C[N+](C)(C)C. The number of carboxylic acid groups (broad SMARTS) is 1. The molecule has 1 unspecified atom stereocenters. The third-order valence-corrected chi connectivity index (χ3v) is 5.10. The highest BCUT2D eigenvalue weighted by Crippen LogP contribution is 2.35. The zero-order valence-corrected chi connectivity index (χ0v) is 19.3. The van der Waals surface area contributed by atoms with Gasteiger partial charge in [0.1, 0.15) is 12.6 Å². The van der Waals surface area contributed by atoms with E-state index in [0.29, 0.717) is 24.2 Å². The van der Waals surface area contributed by atoms with Crippen LogP contribution in [0, 0.1) is 0 Å². The molecule has 0 aliphatic rings. The molecule has 0 aromatic rings. The molecule has 7 nitrogen and oxygen atoms in total. The fraction of sp³-hybridized carbons (Fsp3) is 0.950. The van der Waals surface area contributed by atoms with E-state index in [0.717, 1.165) is 6.42 Å². The fourth-order valence-corrected chi connectivity index (χ4v) is 3.58. The van der Waals surface area contributed by atoms with Crippen LogP contribution in [-0.4, -0.2) is 74.1 Å². The third-order valence-electron chi connectivity index (χ3n) is 4.21. The van der Waals surface area contributed by atoms with E-state index >= 15 is 0 Å². The van der Waals surface area contributed by atoms with Crippen LogP contribution in [0.25, 0.3) is 0 Å². The van der Waals surface area contributed by atoms with Crippen molar-refractivity contribution in [3.63, 3.8) is 0 Å². The first-order valence-corrected chi connectivity index (χ1v) is 11.8. The first kappa shape index (κ1) is 27.7. The molecule has 168 valence electrons. The maximum absolute atomic E-state index is 10.9. The maximum Gasteiger partial charge on any atom is 0.330 e. The third kappa shape index (κ3) is 20.4. The van der Waals surface area contributed by atoms with Gasteiger partial charge in [-0.15, -0.1) is 0 Å². The Morgan fingerprint density at radius 3 is 2.04 bits per heavy atom. The zero-order valence-electron chi connectivity index (χ0n) is 18.4. The highest BCUT2D eigenvalue weighted by atomic mass is 31.2. The van der Waals surface area contributed by atoms with Gasteiger partial charge in [0.05, 0.1) is 40.8 Å². The van der Waals surface area contributed by atoms with Gasteiger partial charge in [-0.25, -0.2) is 0 Å². The minimum absolute atomic E-state index is 0.159. The molecule has 2 N–H and O–H groups in total. The van der Waals surface area contributed by atoms with Gasteiger partial charge in [0.15, 0.2) is 0 Å². The second kappa shape index (κ2) is 17.5. The lowest BCUT2D eigenvalue weighted by Gasteiger charge is -2.29. The number of nitrogens with zero attached hydrogens (tertiary/aromatic N) is 1. The molecule has 0 aromatic carbocycles. The molecule has 0 spiro atoms. The Morgan fingerprint density at radius 1 is 0.929 bits per heavy atom. The summed E-state index contributed by atoms with van der Waals surface area (Å²) in [6.45, 7) is 4.06. The van der Waals surface area contributed by atoms with E-state index in [1.54, 1.807) is 0 Å². The van der Waals surface area contributed by atoms with Gasteiger partial charge in [0, 0.05) is 6.61 Å². The quantitative estimate of drug-likeness (QED) is 0.172. The van der Waals surface area contributed by atoms with Crippen LogP contribution in [0.5, 0.6) is 0 Å². The van der Waals surface area contributed by atoms with Crippen molar-refractivity contribution in [2.24, 2.45) is 0 Å². The normalized spacial score (nSPS) is 14.2. The van der Waals surface area contributed by atoms with Crippen molar-refractivity contribution in [3.8, 4) is 0 Å². The summed E-state index contributed by atoms with van der Waals surface area (Å²) in [6.07, 6.45) is 10.8. The summed E-state index contributed by atoms with van der Waals surface area (Å²) in [5.41, 5.74) is 0. The van der Waals surface area contributed by atoms with E-state index in [4.69, 9.17) is 18.9 Å². The van der Waals surface area contributed by atoms with Gasteiger partial charge in [0.2, 0.25) is 0 Å². The van der Waals surface area contributed by atoms with Gasteiger partial charge >= 0.3 is 14.6 Å². The smallest absolute Gasteiger partial charge is 0.330 e. The maximum atomic E-state index is 10.9. The molecule has 0 rings (SSSR count). The molecule has 0 aliphatic heterocycles. The number of hydrogen-bond donors (Lipinski definition) is 2. The van der Waals surface area contributed by atoms with Crippen molar-refractivity contribution in [1.82, 2.24) is 0 Å². The van der Waals surface area contributed by atoms with Crippen LogP contribution in [0.2, 0.25) is 0 Å². The Kier molecular flexibility index (Phi) is 17.4. The standard InChI is InChI=1S/C20H42NO6P/c1-5-6-7-8-9-10-11-12-13-14-25-15-16-26-28(24)27-19(17-20(22)23)18-21(2,3)4/h19,24H,5-18H2,1-4H3/p+1/t19-,28?/m1/s1. The minimum atomic E-state index is -2.10. The largest absolute Gasteiger partial charge is 0.481 e. The highest BCUT2D eigenvalue weighted by Gasteiger charge is 2.25. The van der Waals surface area contributed by atoms with Gasteiger partial charge in [-0.3, -0.25) is 4.79 Å². The van der Waals surface area contributed by atoms with Crippen LogP contribution < -0.4 is 0 Å². The Labute approximate surface area is 172 Å². The lowest BCUT2D eigenvalue weighted by molar-refractivity contribution is -0.873. The second-order valence-electron chi connectivity index (χ2n) is 8.31. The summed E-state index contributed by atoms with van der Waals surface area (Å²) in [5.74, 6) is -0.953. The second-order valence-corrected chi connectivity index (χ2v) is 9.25. The number of ether oxygens (including phenoxy) is 1. The van der Waals surface area contributed by atoms with E-state index in [1.165, 1.54) is 51.4 Å². The average Bonchev–Trinajstić information content (AvgIpc) is 2.56. The van der Waals surface area contributed by atoms with E-state index in [2.05, 4.69) is 6.92 Å². The number of quaternary nitrogens is 1.